The molecule has 0 saturated carbocycles. The standard InChI is InChI=1S/C23H33N5O.HI/c1-6-24-23(26-17-19-10-8-12-21(16-19)27(2)3)25-14-13-18-9-7-11-20(15-18)22(29)28(4)5;/h7-12,15-16H,6,13-14,17H2,1-5H3,(H2,24,25,26);1H. The Labute approximate surface area is 197 Å². The minimum Gasteiger partial charge on any atom is -0.378 e. The minimum absolute atomic E-state index is 0. The van der Waals surface area contributed by atoms with Crippen LogP contribution in [0.4, 0.5) is 5.69 Å². The van der Waals surface area contributed by atoms with Crippen LogP contribution in [-0.4, -0.2) is 58.0 Å². The molecule has 0 aliphatic carbocycles. The third-order valence-corrected chi connectivity index (χ3v) is 4.48. The zero-order valence-corrected chi connectivity index (χ0v) is 20.9. The fourth-order valence-corrected chi connectivity index (χ4v) is 2.89. The van der Waals surface area contributed by atoms with Gasteiger partial charge in [-0.1, -0.05) is 24.3 Å². The van der Waals surface area contributed by atoms with Crippen LogP contribution in [0.2, 0.25) is 0 Å². The Bertz CT molecular complexity index is 836. The van der Waals surface area contributed by atoms with E-state index in [1.165, 1.54) is 11.3 Å². The van der Waals surface area contributed by atoms with Crippen molar-refractivity contribution in [2.45, 2.75) is 19.9 Å². The van der Waals surface area contributed by atoms with Crippen LogP contribution in [0, 0.1) is 0 Å². The average molecular weight is 523 g/mol. The summed E-state index contributed by atoms with van der Waals surface area (Å²) in [6.07, 6.45) is 0.815. The molecule has 0 bridgehead atoms. The van der Waals surface area contributed by atoms with Gasteiger partial charge in [0.15, 0.2) is 5.96 Å². The fraction of sp³-hybridized carbons (Fsp3) is 0.391. The van der Waals surface area contributed by atoms with Crippen LogP contribution in [-0.2, 0) is 13.0 Å². The number of hydrogen-bond acceptors (Lipinski definition) is 3. The number of guanidine groups is 1. The van der Waals surface area contributed by atoms with E-state index < -0.39 is 0 Å². The number of nitrogens with zero attached hydrogens (tertiary/aromatic N) is 3. The van der Waals surface area contributed by atoms with Gasteiger partial charge >= 0.3 is 0 Å². The average Bonchev–Trinajstić information content (AvgIpc) is 2.71. The maximum Gasteiger partial charge on any atom is 0.253 e. The van der Waals surface area contributed by atoms with Crippen molar-refractivity contribution in [3.05, 3.63) is 65.2 Å². The number of rotatable bonds is 8. The molecule has 0 unspecified atom stereocenters. The van der Waals surface area contributed by atoms with Gasteiger partial charge in [0.2, 0.25) is 0 Å². The van der Waals surface area contributed by atoms with Gasteiger partial charge < -0.3 is 20.4 Å². The van der Waals surface area contributed by atoms with E-state index >= 15 is 0 Å². The molecule has 0 aliphatic heterocycles. The molecular weight excluding hydrogens is 489 g/mol. The van der Waals surface area contributed by atoms with Crippen molar-refractivity contribution in [1.29, 1.82) is 0 Å². The van der Waals surface area contributed by atoms with Gasteiger partial charge in [0.25, 0.3) is 5.91 Å². The SMILES string of the molecule is CCNC(=NCc1cccc(N(C)C)c1)NCCc1cccc(C(=O)N(C)C)c1.I. The van der Waals surface area contributed by atoms with Crippen LogP contribution in [0.5, 0.6) is 0 Å². The highest BCUT2D eigenvalue weighted by Gasteiger charge is 2.08. The van der Waals surface area contributed by atoms with E-state index in [1.54, 1.807) is 19.0 Å². The lowest BCUT2D eigenvalue weighted by molar-refractivity contribution is 0.0827. The predicted octanol–water partition coefficient (Wildman–Crippen LogP) is 3.37. The molecule has 0 fully saturated rings. The maximum atomic E-state index is 12.1. The molecule has 2 aromatic carbocycles. The lowest BCUT2D eigenvalue weighted by atomic mass is 10.1. The molecule has 0 spiro atoms. The Hall–Kier alpha value is -2.29. The Balaban J connectivity index is 0.00000450. The quantitative estimate of drug-likeness (QED) is 0.317. The highest BCUT2D eigenvalue weighted by atomic mass is 127. The number of aliphatic imine (C=N–C) groups is 1. The molecule has 1 amide bonds. The Kier molecular flexibility index (Phi) is 11.2. The molecule has 2 rings (SSSR count). The normalized spacial score (nSPS) is 10.8. The molecule has 0 radical (unpaired) electrons. The van der Waals surface area contributed by atoms with E-state index in [9.17, 15) is 4.79 Å². The predicted molar refractivity (Wildman–Crippen MR) is 137 cm³/mol. The van der Waals surface area contributed by atoms with E-state index in [4.69, 9.17) is 4.99 Å². The monoisotopic (exact) mass is 523 g/mol. The van der Waals surface area contributed by atoms with Crippen LogP contribution < -0.4 is 15.5 Å². The Morgan fingerprint density at radius 3 is 2.33 bits per heavy atom. The summed E-state index contributed by atoms with van der Waals surface area (Å²) >= 11 is 0. The summed E-state index contributed by atoms with van der Waals surface area (Å²) in [5.41, 5.74) is 4.18. The molecule has 0 atom stereocenters. The van der Waals surface area contributed by atoms with Crippen molar-refractivity contribution in [1.82, 2.24) is 15.5 Å². The number of nitrogens with one attached hydrogen (secondary N) is 2. The second kappa shape index (κ2) is 13.1. The van der Waals surface area contributed by atoms with E-state index in [1.807, 2.05) is 38.4 Å². The van der Waals surface area contributed by atoms with Crippen molar-refractivity contribution in [3.63, 3.8) is 0 Å². The van der Waals surface area contributed by atoms with Crippen molar-refractivity contribution in [3.8, 4) is 0 Å². The van der Waals surface area contributed by atoms with Gasteiger partial charge in [-0.25, -0.2) is 4.99 Å². The van der Waals surface area contributed by atoms with E-state index in [0.717, 1.165) is 31.0 Å². The van der Waals surface area contributed by atoms with Crippen LogP contribution in [0.25, 0.3) is 0 Å². The van der Waals surface area contributed by atoms with Crippen LogP contribution in [0.3, 0.4) is 0 Å². The molecule has 30 heavy (non-hydrogen) atoms. The zero-order chi connectivity index (χ0) is 21.2. The molecule has 0 heterocycles. The van der Waals surface area contributed by atoms with Gasteiger partial charge in [0, 0.05) is 52.5 Å². The third kappa shape index (κ3) is 8.22. The second-order valence-corrected chi connectivity index (χ2v) is 7.34. The van der Waals surface area contributed by atoms with Crippen LogP contribution in [0.15, 0.2) is 53.5 Å². The molecule has 0 aliphatic rings. The highest BCUT2D eigenvalue weighted by Crippen LogP contribution is 2.14. The van der Waals surface area contributed by atoms with Crippen molar-refractivity contribution >= 4 is 41.5 Å². The first-order chi connectivity index (χ1) is 13.9. The molecular formula is C23H34IN5O. The first-order valence-corrected chi connectivity index (χ1v) is 9.99. The summed E-state index contributed by atoms with van der Waals surface area (Å²) in [6, 6.07) is 16.2. The van der Waals surface area contributed by atoms with Crippen molar-refractivity contribution in [2.24, 2.45) is 4.99 Å². The highest BCUT2D eigenvalue weighted by molar-refractivity contribution is 14.0. The third-order valence-electron chi connectivity index (χ3n) is 4.48. The lowest BCUT2D eigenvalue weighted by Crippen LogP contribution is -2.38. The summed E-state index contributed by atoms with van der Waals surface area (Å²) in [6.45, 7) is 4.21. The minimum atomic E-state index is 0. The summed E-state index contributed by atoms with van der Waals surface area (Å²) in [7, 11) is 7.61. The van der Waals surface area contributed by atoms with Crippen molar-refractivity contribution in [2.75, 3.05) is 46.2 Å². The molecule has 6 nitrogen and oxygen atoms in total. The van der Waals surface area contributed by atoms with E-state index in [0.29, 0.717) is 12.1 Å². The number of hydrogen-bond donors (Lipinski definition) is 2. The van der Waals surface area contributed by atoms with Crippen molar-refractivity contribution < 1.29 is 4.79 Å². The smallest absolute Gasteiger partial charge is 0.253 e. The molecule has 7 heteroatoms. The first-order valence-electron chi connectivity index (χ1n) is 9.99. The molecule has 2 aromatic rings. The first kappa shape index (κ1) is 25.7. The maximum absolute atomic E-state index is 12.1. The Morgan fingerprint density at radius 1 is 0.967 bits per heavy atom. The van der Waals surface area contributed by atoms with Crippen LogP contribution in [0.1, 0.15) is 28.4 Å². The van der Waals surface area contributed by atoms with Gasteiger partial charge in [-0.2, -0.15) is 0 Å². The van der Waals surface area contributed by atoms with E-state index in [2.05, 4.69) is 46.7 Å². The van der Waals surface area contributed by atoms with Crippen LogP contribution >= 0.6 is 24.0 Å². The number of halogens is 1. The second-order valence-electron chi connectivity index (χ2n) is 7.34. The number of anilines is 1. The van der Waals surface area contributed by atoms with E-state index in [-0.39, 0.29) is 29.9 Å². The Morgan fingerprint density at radius 2 is 1.67 bits per heavy atom. The molecule has 2 N–H and O–H groups in total. The van der Waals surface area contributed by atoms with Gasteiger partial charge in [-0.05, 0) is 48.7 Å². The number of carbonyl (C=O) groups excluding carboxylic acids is 1. The number of benzene rings is 2. The summed E-state index contributed by atoms with van der Waals surface area (Å²) in [4.78, 5) is 20.5. The van der Waals surface area contributed by atoms with Gasteiger partial charge in [-0.15, -0.1) is 24.0 Å². The van der Waals surface area contributed by atoms with Gasteiger partial charge in [0.1, 0.15) is 0 Å². The lowest BCUT2D eigenvalue weighted by Gasteiger charge is -2.14. The number of amides is 1. The number of carbonyl (C=O) groups is 1. The summed E-state index contributed by atoms with van der Waals surface area (Å²) in [5, 5.41) is 6.67. The molecule has 164 valence electrons. The molecule has 0 saturated heterocycles. The summed E-state index contributed by atoms with van der Waals surface area (Å²) in [5.74, 6) is 0.818. The van der Waals surface area contributed by atoms with Gasteiger partial charge in [0.05, 0.1) is 6.54 Å². The topological polar surface area (TPSA) is 60.0 Å². The van der Waals surface area contributed by atoms with Gasteiger partial charge in [-0.3, -0.25) is 4.79 Å². The fourth-order valence-electron chi connectivity index (χ4n) is 2.89. The summed E-state index contributed by atoms with van der Waals surface area (Å²) < 4.78 is 0. The zero-order valence-electron chi connectivity index (χ0n) is 18.6. The molecule has 0 aromatic heterocycles. The largest absolute Gasteiger partial charge is 0.378 e.